The van der Waals surface area contributed by atoms with Crippen LogP contribution < -0.4 is 4.74 Å². The van der Waals surface area contributed by atoms with Crippen molar-refractivity contribution >= 4 is 11.9 Å². The number of aliphatic carboxylic acids is 1. The number of halogens is 1. The predicted molar refractivity (Wildman–Crippen MR) is 122 cm³/mol. The molecule has 1 heterocycles. The number of carboxylic acid groups (broad SMARTS) is 1. The number of ether oxygens (including phenoxy) is 1. The van der Waals surface area contributed by atoms with Gasteiger partial charge in [0, 0.05) is 19.4 Å². The van der Waals surface area contributed by atoms with Gasteiger partial charge in [0.15, 0.2) is 0 Å². The van der Waals surface area contributed by atoms with Crippen molar-refractivity contribution in [3.8, 4) is 11.5 Å². The maximum Gasteiger partial charge on any atom is 0.303 e. The average Bonchev–Trinajstić information content (AvgIpc) is 3.15. The monoisotopic (exact) mass is 455 g/mol. The number of carbonyl (C=O) groups is 2. The predicted octanol–water partition coefficient (Wildman–Crippen LogP) is 5.23. The van der Waals surface area contributed by atoms with Crippen molar-refractivity contribution in [2.24, 2.45) is 0 Å². The molecule has 176 valence electrons. The first-order chi connectivity index (χ1) is 15.9. The van der Waals surface area contributed by atoms with Gasteiger partial charge in [-0.2, -0.15) is 0 Å². The normalized spacial score (nSPS) is 17.0. The molecule has 7 heteroatoms. The average molecular weight is 456 g/mol. The van der Waals surface area contributed by atoms with Gasteiger partial charge in [-0.1, -0.05) is 37.1 Å². The fourth-order valence-electron chi connectivity index (χ4n) is 3.90. The van der Waals surface area contributed by atoms with Gasteiger partial charge in [-0.3, -0.25) is 9.59 Å². The minimum atomic E-state index is -0.852. The van der Waals surface area contributed by atoms with Crippen LogP contribution >= 0.6 is 0 Å². The Hall–Kier alpha value is -3.19. The molecule has 1 aliphatic heterocycles. The topological polar surface area (TPSA) is 87.1 Å². The molecule has 0 aromatic heterocycles. The molecule has 33 heavy (non-hydrogen) atoms. The second kappa shape index (κ2) is 12.2. The second-order valence-corrected chi connectivity index (χ2v) is 8.21. The van der Waals surface area contributed by atoms with Gasteiger partial charge in [0.1, 0.15) is 17.3 Å². The first-order valence-electron chi connectivity index (χ1n) is 11.3. The van der Waals surface area contributed by atoms with E-state index >= 15 is 0 Å². The standard InChI is InChI=1S/C26H30FNO5/c27-20-9-13-22(14-10-20)33-23-7-5-6-19(18-23)24(29)15-11-21-12-16-25(30)28(21)17-4-2-1-3-8-26(31)32/h5-7,9-11,13-15,18,21,24,29H,1-4,8,12,16-17H2,(H,31,32). The molecule has 1 saturated heterocycles. The summed E-state index contributed by atoms with van der Waals surface area (Å²) in [6.45, 7) is 0.637. The number of nitrogens with zero attached hydrogens (tertiary/aromatic N) is 1. The molecule has 0 aliphatic carbocycles. The van der Waals surface area contributed by atoms with Gasteiger partial charge in [0.2, 0.25) is 5.91 Å². The molecule has 1 amide bonds. The summed E-state index contributed by atoms with van der Waals surface area (Å²) in [4.78, 5) is 24.7. The molecular formula is C26H30FNO5. The Labute approximate surface area is 193 Å². The summed E-state index contributed by atoms with van der Waals surface area (Å²) in [6, 6.07) is 12.7. The molecule has 6 nitrogen and oxygen atoms in total. The largest absolute Gasteiger partial charge is 0.481 e. The molecule has 0 radical (unpaired) electrons. The van der Waals surface area contributed by atoms with Crippen molar-refractivity contribution in [1.29, 1.82) is 0 Å². The lowest BCUT2D eigenvalue weighted by molar-refractivity contribution is -0.137. The van der Waals surface area contributed by atoms with E-state index in [1.54, 1.807) is 30.3 Å². The highest BCUT2D eigenvalue weighted by Crippen LogP contribution is 2.27. The van der Waals surface area contributed by atoms with Crippen LogP contribution in [0.25, 0.3) is 0 Å². The van der Waals surface area contributed by atoms with E-state index in [0.29, 0.717) is 36.4 Å². The molecule has 2 N–H and O–H groups in total. The van der Waals surface area contributed by atoms with E-state index in [1.807, 2.05) is 11.0 Å². The third kappa shape index (κ3) is 7.71. The molecule has 0 spiro atoms. The van der Waals surface area contributed by atoms with Crippen LogP contribution in [0, 0.1) is 5.82 Å². The minimum absolute atomic E-state index is 0.0511. The molecule has 2 atom stereocenters. The smallest absolute Gasteiger partial charge is 0.303 e. The maximum atomic E-state index is 13.1. The number of aliphatic hydroxyl groups is 1. The molecule has 2 aromatic rings. The van der Waals surface area contributed by atoms with Gasteiger partial charge in [0.05, 0.1) is 12.1 Å². The number of benzene rings is 2. The van der Waals surface area contributed by atoms with Gasteiger partial charge in [-0.15, -0.1) is 0 Å². The minimum Gasteiger partial charge on any atom is -0.481 e. The highest BCUT2D eigenvalue weighted by atomic mass is 19.1. The third-order valence-corrected chi connectivity index (χ3v) is 5.68. The fraction of sp³-hybridized carbons (Fsp3) is 0.385. The van der Waals surface area contributed by atoms with E-state index in [1.165, 1.54) is 24.3 Å². The highest BCUT2D eigenvalue weighted by Gasteiger charge is 2.28. The SMILES string of the molecule is O=C(O)CCCCCCN1C(=O)CCC1C=CC(O)c1cccc(Oc2ccc(F)cc2)c1. The number of amides is 1. The number of carbonyl (C=O) groups excluding carboxylic acids is 1. The maximum absolute atomic E-state index is 13.1. The summed E-state index contributed by atoms with van der Waals surface area (Å²) >= 11 is 0. The number of unbranched alkanes of at least 4 members (excludes halogenated alkanes) is 3. The molecule has 1 fully saturated rings. The Morgan fingerprint density at radius 1 is 1.12 bits per heavy atom. The number of aliphatic hydroxyl groups excluding tert-OH is 1. The van der Waals surface area contributed by atoms with E-state index in [4.69, 9.17) is 9.84 Å². The van der Waals surface area contributed by atoms with Crippen molar-refractivity contribution in [1.82, 2.24) is 4.90 Å². The van der Waals surface area contributed by atoms with E-state index < -0.39 is 12.1 Å². The quantitative estimate of drug-likeness (QED) is 0.338. The molecule has 0 bridgehead atoms. The van der Waals surface area contributed by atoms with Crippen molar-refractivity contribution in [3.05, 3.63) is 72.1 Å². The summed E-state index contributed by atoms with van der Waals surface area (Å²) < 4.78 is 18.8. The highest BCUT2D eigenvalue weighted by molar-refractivity contribution is 5.79. The van der Waals surface area contributed by atoms with Crippen LogP contribution in [0.15, 0.2) is 60.7 Å². The second-order valence-electron chi connectivity index (χ2n) is 8.21. The first kappa shape index (κ1) is 24.5. The van der Waals surface area contributed by atoms with Crippen molar-refractivity contribution < 1.29 is 28.9 Å². The number of hydrogen-bond donors (Lipinski definition) is 2. The van der Waals surface area contributed by atoms with Crippen LogP contribution in [-0.4, -0.2) is 39.6 Å². The zero-order chi connectivity index (χ0) is 23.6. The fourth-order valence-corrected chi connectivity index (χ4v) is 3.90. The van der Waals surface area contributed by atoms with Gasteiger partial charge < -0.3 is 19.8 Å². The Balaban J connectivity index is 1.53. The molecule has 3 rings (SSSR count). The lowest BCUT2D eigenvalue weighted by Crippen LogP contribution is -2.32. The lowest BCUT2D eigenvalue weighted by Gasteiger charge is -2.22. The van der Waals surface area contributed by atoms with Crippen LogP contribution in [0.3, 0.4) is 0 Å². The van der Waals surface area contributed by atoms with Crippen molar-refractivity contribution in [2.75, 3.05) is 6.54 Å². The number of hydrogen-bond acceptors (Lipinski definition) is 4. The third-order valence-electron chi connectivity index (χ3n) is 5.68. The first-order valence-corrected chi connectivity index (χ1v) is 11.3. The molecule has 0 saturated carbocycles. The summed E-state index contributed by atoms with van der Waals surface area (Å²) in [5.74, 6) is 0.0310. The van der Waals surface area contributed by atoms with Crippen molar-refractivity contribution in [2.45, 2.75) is 57.1 Å². The zero-order valence-electron chi connectivity index (χ0n) is 18.5. The Morgan fingerprint density at radius 3 is 2.64 bits per heavy atom. The van der Waals surface area contributed by atoms with Gasteiger partial charge >= 0.3 is 5.97 Å². The van der Waals surface area contributed by atoms with Gasteiger partial charge in [-0.05, 0) is 61.2 Å². The zero-order valence-corrected chi connectivity index (χ0v) is 18.5. The number of rotatable bonds is 12. The summed E-state index contributed by atoms with van der Waals surface area (Å²) in [5, 5.41) is 19.3. The summed E-state index contributed by atoms with van der Waals surface area (Å²) in [5.41, 5.74) is 0.653. The molecule has 2 aromatic carbocycles. The van der Waals surface area contributed by atoms with Crippen LogP contribution in [0.5, 0.6) is 11.5 Å². The van der Waals surface area contributed by atoms with Crippen LogP contribution in [0.2, 0.25) is 0 Å². The molecule has 1 aliphatic rings. The lowest BCUT2D eigenvalue weighted by atomic mass is 10.1. The molecular weight excluding hydrogens is 425 g/mol. The van der Waals surface area contributed by atoms with Crippen LogP contribution in [-0.2, 0) is 9.59 Å². The van der Waals surface area contributed by atoms with Crippen LogP contribution in [0.1, 0.15) is 56.6 Å². The Kier molecular flexibility index (Phi) is 9.01. The number of carboxylic acids is 1. The summed E-state index contributed by atoms with van der Waals surface area (Å²) in [6.07, 6.45) is 7.33. The van der Waals surface area contributed by atoms with Crippen molar-refractivity contribution in [3.63, 3.8) is 0 Å². The van der Waals surface area contributed by atoms with E-state index in [-0.39, 0.29) is 24.2 Å². The van der Waals surface area contributed by atoms with E-state index in [9.17, 15) is 19.1 Å². The molecule has 2 unspecified atom stereocenters. The van der Waals surface area contributed by atoms with E-state index in [2.05, 4.69) is 0 Å². The van der Waals surface area contributed by atoms with Gasteiger partial charge in [-0.25, -0.2) is 4.39 Å². The van der Waals surface area contributed by atoms with Crippen LogP contribution in [0.4, 0.5) is 4.39 Å². The Morgan fingerprint density at radius 2 is 1.88 bits per heavy atom. The summed E-state index contributed by atoms with van der Waals surface area (Å²) in [7, 11) is 0. The number of likely N-dealkylation sites (tertiary alicyclic amines) is 1. The van der Waals surface area contributed by atoms with Gasteiger partial charge in [0.25, 0.3) is 0 Å². The Bertz CT molecular complexity index is 959. The van der Waals surface area contributed by atoms with E-state index in [0.717, 1.165) is 25.7 Å².